The number of likely N-dealkylation sites (tertiary alicyclic amines) is 1. The van der Waals surface area contributed by atoms with E-state index in [0.29, 0.717) is 17.9 Å². The Bertz CT molecular complexity index is 298. The Hall–Kier alpha value is -0.770. The highest BCUT2D eigenvalue weighted by Crippen LogP contribution is 2.34. The van der Waals surface area contributed by atoms with Gasteiger partial charge in [0.15, 0.2) is 0 Å². The average Bonchev–Trinajstić information content (AvgIpc) is 2.72. The van der Waals surface area contributed by atoms with E-state index < -0.39 is 0 Å². The first kappa shape index (κ1) is 12.7. The average molecular weight is 239 g/mol. The molecule has 3 atom stereocenters. The minimum Gasteiger partial charge on any atom is -0.333 e. The molecule has 2 amide bonds. The van der Waals surface area contributed by atoms with E-state index in [-0.39, 0.29) is 11.6 Å². The predicted molar refractivity (Wildman–Crippen MR) is 68.9 cm³/mol. The second-order valence-corrected chi connectivity index (χ2v) is 6.39. The summed E-state index contributed by atoms with van der Waals surface area (Å²) < 4.78 is 0. The quantitative estimate of drug-likeness (QED) is 0.727. The van der Waals surface area contributed by atoms with E-state index in [1.807, 2.05) is 20.8 Å². The molecule has 4 nitrogen and oxygen atoms in total. The molecular formula is C13H25N3O. The molecule has 2 aliphatic heterocycles. The van der Waals surface area contributed by atoms with Crippen LogP contribution in [-0.4, -0.2) is 42.1 Å². The van der Waals surface area contributed by atoms with Crippen LogP contribution in [0, 0.1) is 11.8 Å². The molecule has 2 N–H and O–H groups in total. The zero-order valence-corrected chi connectivity index (χ0v) is 11.4. The summed E-state index contributed by atoms with van der Waals surface area (Å²) in [6, 6.07) is 0.524. The lowest BCUT2D eigenvalue weighted by Crippen LogP contribution is -2.51. The molecule has 0 bridgehead atoms. The van der Waals surface area contributed by atoms with Crippen LogP contribution in [0.2, 0.25) is 0 Å². The third-order valence-corrected chi connectivity index (χ3v) is 3.88. The summed E-state index contributed by atoms with van der Waals surface area (Å²) in [4.78, 5) is 14.3. The number of hydrogen-bond acceptors (Lipinski definition) is 2. The normalized spacial score (nSPS) is 32.7. The lowest BCUT2D eigenvalue weighted by atomic mass is 9.93. The Morgan fingerprint density at radius 2 is 2.12 bits per heavy atom. The molecule has 0 aromatic carbocycles. The van der Waals surface area contributed by atoms with Gasteiger partial charge < -0.3 is 15.5 Å². The monoisotopic (exact) mass is 239 g/mol. The number of urea groups is 1. The summed E-state index contributed by atoms with van der Waals surface area (Å²) in [5.41, 5.74) is -0.147. The predicted octanol–water partition coefficient (Wildman–Crippen LogP) is 1.42. The number of nitrogens with one attached hydrogen (secondary N) is 2. The van der Waals surface area contributed by atoms with Gasteiger partial charge in [0.1, 0.15) is 0 Å². The van der Waals surface area contributed by atoms with Crippen molar-refractivity contribution in [1.29, 1.82) is 0 Å². The zero-order valence-electron chi connectivity index (χ0n) is 11.4. The van der Waals surface area contributed by atoms with Crippen molar-refractivity contribution in [3.05, 3.63) is 0 Å². The number of rotatable bonds is 1. The van der Waals surface area contributed by atoms with Gasteiger partial charge in [-0.15, -0.1) is 0 Å². The molecule has 3 unspecified atom stereocenters. The van der Waals surface area contributed by atoms with Crippen molar-refractivity contribution in [3.63, 3.8) is 0 Å². The van der Waals surface area contributed by atoms with Gasteiger partial charge in [-0.25, -0.2) is 4.79 Å². The maximum Gasteiger partial charge on any atom is 0.318 e. The van der Waals surface area contributed by atoms with Crippen molar-refractivity contribution in [2.75, 3.05) is 19.6 Å². The van der Waals surface area contributed by atoms with Gasteiger partial charge in [-0.3, -0.25) is 0 Å². The Morgan fingerprint density at radius 3 is 2.71 bits per heavy atom. The highest BCUT2D eigenvalue weighted by molar-refractivity contribution is 5.75. The van der Waals surface area contributed by atoms with Crippen molar-refractivity contribution < 1.29 is 4.79 Å². The number of carbonyl (C=O) groups excluding carboxylic acids is 1. The molecule has 2 rings (SSSR count). The first-order valence-electron chi connectivity index (χ1n) is 6.72. The minimum atomic E-state index is -0.147. The van der Waals surface area contributed by atoms with Crippen molar-refractivity contribution in [2.45, 2.75) is 45.7 Å². The van der Waals surface area contributed by atoms with Gasteiger partial charge in [0.05, 0.1) is 0 Å². The number of carbonyl (C=O) groups is 1. The molecule has 0 spiro atoms. The Labute approximate surface area is 104 Å². The molecule has 0 saturated carbocycles. The molecular weight excluding hydrogens is 214 g/mol. The molecule has 0 aliphatic carbocycles. The summed E-state index contributed by atoms with van der Waals surface area (Å²) in [5, 5.41) is 6.52. The first-order valence-corrected chi connectivity index (χ1v) is 6.72. The Balaban J connectivity index is 2.03. The molecule has 98 valence electrons. The smallest absolute Gasteiger partial charge is 0.318 e. The highest BCUT2D eigenvalue weighted by Gasteiger charge is 2.45. The van der Waals surface area contributed by atoms with E-state index in [1.54, 1.807) is 0 Å². The number of nitrogens with zero attached hydrogens (tertiary/aromatic N) is 1. The summed E-state index contributed by atoms with van der Waals surface area (Å²) >= 11 is 0. The van der Waals surface area contributed by atoms with Crippen LogP contribution in [0.25, 0.3) is 0 Å². The van der Waals surface area contributed by atoms with Crippen LogP contribution in [0.4, 0.5) is 4.79 Å². The Kier molecular flexibility index (Phi) is 3.34. The lowest BCUT2D eigenvalue weighted by Gasteiger charge is -2.31. The van der Waals surface area contributed by atoms with Crippen molar-refractivity contribution in [1.82, 2.24) is 15.5 Å². The molecule has 17 heavy (non-hydrogen) atoms. The van der Waals surface area contributed by atoms with Crippen LogP contribution < -0.4 is 10.6 Å². The van der Waals surface area contributed by atoms with Crippen molar-refractivity contribution in [2.24, 2.45) is 11.8 Å². The van der Waals surface area contributed by atoms with Crippen LogP contribution in [-0.2, 0) is 0 Å². The fourth-order valence-electron chi connectivity index (χ4n) is 3.17. The van der Waals surface area contributed by atoms with Crippen LogP contribution in [0.5, 0.6) is 0 Å². The van der Waals surface area contributed by atoms with E-state index in [4.69, 9.17) is 0 Å². The largest absolute Gasteiger partial charge is 0.333 e. The molecule has 0 aromatic heterocycles. The standard InChI is InChI=1S/C13H25N3O/c1-5-11-10-7-14-6-9(10)8-16(11)12(17)15-13(2,3)4/h9-11,14H,5-8H2,1-4H3,(H,15,17). The third kappa shape index (κ3) is 2.57. The van der Waals surface area contributed by atoms with Gasteiger partial charge in [-0.2, -0.15) is 0 Å². The highest BCUT2D eigenvalue weighted by atomic mass is 16.2. The second-order valence-electron chi connectivity index (χ2n) is 6.39. The van der Waals surface area contributed by atoms with Gasteiger partial charge in [0, 0.05) is 31.2 Å². The molecule has 0 radical (unpaired) electrons. The van der Waals surface area contributed by atoms with Gasteiger partial charge in [-0.05, 0) is 39.0 Å². The van der Waals surface area contributed by atoms with Crippen LogP contribution in [0.1, 0.15) is 34.1 Å². The third-order valence-electron chi connectivity index (χ3n) is 3.88. The topological polar surface area (TPSA) is 44.4 Å². The summed E-state index contributed by atoms with van der Waals surface area (Å²) in [6.45, 7) is 11.3. The van der Waals surface area contributed by atoms with Crippen LogP contribution >= 0.6 is 0 Å². The van der Waals surface area contributed by atoms with Crippen molar-refractivity contribution >= 4 is 6.03 Å². The molecule has 0 aromatic rings. The maximum absolute atomic E-state index is 12.3. The van der Waals surface area contributed by atoms with Crippen molar-refractivity contribution in [3.8, 4) is 0 Å². The van der Waals surface area contributed by atoms with E-state index in [0.717, 1.165) is 26.1 Å². The number of hydrogen-bond donors (Lipinski definition) is 2. The Morgan fingerprint density at radius 1 is 1.41 bits per heavy atom. The molecule has 2 fully saturated rings. The van der Waals surface area contributed by atoms with E-state index in [1.165, 1.54) is 0 Å². The van der Waals surface area contributed by atoms with Gasteiger partial charge in [-0.1, -0.05) is 6.92 Å². The number of fused-ring (bicyclic) bond motifs is 1. The van der Waals surface area contributed by atoms with Gasteiger partial charge >= 0.3 is 6.03 Å². The van der Waals surface area contributed by atoms with Gasteiger partial charge in [0.25, 0.3) is 0 Å². The van der Waals surface area contributed by atoms with E-state index >= 15 is 0 Å². The molecule has 2 aliphatic rings. The fourth-order valence-corrected chi connectivity index (χ4v) is 3.17. The molecule has 4 heteroatoms. The zero-order chi connectivity index (χ0) is 12.6. The second kappa shape index (κ2) is 4.48. The molecule has 2 heterocycles. The molecule has 2 saturated heterocycles. The first-order chi connectivity index (χ1) is 7.92. The van der Waals surface area contributed by atoms with E-state index in [2.05, 4.69) is 22.5 Å². The van der Waals surface area contributed by atoms with Gasteiger partial charge in [0.2, 0.25) is 0 Å². The van der Waals surface area contributed by atoms with E-state index in [9.17, 15) is 4.79 Å². The number of amides is 2. The maximum atomic E-state index is 12.3. The van der Waals surface area contributed by atoms with Crippen LogP contribution in [0.3, 0.4) is 0 Å². The fraction of sp³-hybridized carbons (Fsp3) is 0.923. The summed E-state index contributed by atoms with van der Waals surface area (Å²) in [5.74, 6) is 1.32. The summed E-state index contributed by atoms with van der Waals surface area (Å²) in [7, 11) is 0. The summed E-state index contributed by atoms with van der Waals surface area (Å²) in [6.07, 6.45) is 1.06. The van der Waals surface area contributed by atoms with Crippen LogP contribution in [0.15, 0.2) is 0 Å². The lowest BCUT2D eigenvalue weighted by molar-refractivity contribution is 0.174. The SMILES string of the molecule is CCC1C2CNCC2CN1C(=O)NC(C)(C)C. The minimum absolute atomic E-state index is 0.110.